The molecule has 0 saturated carbocycles. The van der Waals surface area contributed by atoms with Crippen LogP contribution in [0.1, 0.15) is 32.6 Å². The number of hydrogen-bond acceptors (Lipinski definition) is 3. The van der Waals surface area contributed by atoms with E-state index < -0.39 is 0 Å². The van der Waals surface area contributed by atoms with Crippen LogP contribution in [-0.2, 0) is 0 Å². The molecule has 4 rings (SSSR count). The first kappa shape index (κ1) is 18.9. The molecule has 29 heavy (non-hydrogen) atoms. The zero-order valence-electron chi connectivity index (χ0n) is 17.1. The summed E-state index contributed by atoms with van der Waals surface area (Å²) in [7, 11) is 0. The van der Waals surface area contributed by atoms with E-state index in [2.05, 4.69) is 12.1 Å². The molecule has 3 nitrogen and oxygen atoms in total. The maximum Gasteiger partial charge on any atom is 0.344 e. The van der Waals surface area contributed by atoms with Crippen molar-refractivity contribution in [1.82, 2.24) is 4.98 Å². The van der Waals surface area contributed by atoms with Gasteiger partial charge in [-0.3, -0.25) is 0 Å². The molecule has 0 unspecified atom stereocenters. The molecule has 4 aromatic rings. The summed E-state index contributed by atoms with van der Waals surface area (Å²) < 4.78 is 5.77. The number of ether oxygens (including phenoxy) is 1. The fraction of sp³-hybridized carbons (Fsp3) is 0.154. The van der Waals surface area contributed by atoms with Gasteiger partial charge in [-0.25, -0.2) is 9.78 Å². The second-order valence-corrected chi connectivity index (χ2v) is 7.61. The molecule has 3 heteroatoms. The molecule has 0 saturated heterocycles. The highest BCUT2D eigenvalue weighted by Crippen LogP contribution is 2.29. The molecule has 3 aromatic carbocycles. The lowest BCUT2D eigenvalue weighted by atomic mass is 10.00. The number of carbonyl (C=O) groups is 1. The molecule has 1 aromatic heterocycles. The quantitative estimate of drug-likeness (QED) is 0.306. The summed E-state index contributed by atoms with van der Waals surface area (Å²) >= 11 is 0. The maximum absolute atomic E-state index is 13.2. The molecule has 0 spiro atoms. The van der Waals surface area contributed by atoms with Crippen molar-refractivity contribution in [3.05, 3.63) is 94.5 Å². The summed E-state index contributed by atoms with van der Waals surface area (Å²) in [5.74, 6) is 0.188. The van der Waals surface area contributed by atoms with Crippen LogP contribution in [0.15, 0.2) is 66.7 Å². The Morgan fingerprint density at radius 1 is 0.793 bits per heavy atom. The Balaban J connectivity index is 1.88. The largest absolute Gasteiger partial charge is 0.423 e. The standard InChI is InChI=1S/C26H23NO2/c1-16-10-17(2)13-21(12-16)29-26(28)23-15-24(20-8-6-5-7-9-20)27-25-19(4)11-18(3)14-22(23)25/h5-15H,1-4H3. The molecule has 0 aliphatic rings. The van der Waals surface area contributed by atoms with Crippen LogP contribution >= 0.6 is 0 Å². The van der Waals surface area contributed by atoms with Gasteiger partial charge in [0.25, 0.3) is 0 Å². The Morgan fingerprint density at radius 3 is 2.14 bits per heavy atom. The van der Waals surface area contributed by atoms with Crippen molar-refractivity contribution in [3.8, 4) is 17.0 Å². The van der Waals surface area contributed by atoms with Crippen LogP contribution in [0.4, 0.5) is 0 Å². The topological polar surface area (TPSA) is 39.2 Å². The third kappa shape index (κ3) is 3.90. The van der Waals surface area contributed by atoms with Gasteiger partial charge in [0.2, 0.25) is 0 Å². The SMILES string of the molecule is Cc1cc(C)cc(OC(=O)c2cc(-c3ccccc3)nc3c(C)cc(C)cc23)c1. The van der Waals surface area contributed by atoms with E-state index in [0.29, 0.717) is 11.3 Å². The number of nitrogens with zero attached hydrogens (tertiary/aromatic N) is 1. The van der Waals surface area contributed by atoms with Gasteiger partial charge in [0.1, 0.15) is 5.75 Å². The summed E-state index contributed by atoms with van der Waals surface area (Å²) in [5.41, 5.74) is 7.33. The lowest BCUT2D eigenvalue weighted by Gasteiger charge is -2.13. The van der Waals surface area contributed by atoms with Gasteiger partial charge in [-0.2, -0.15) is 0 Å². The number of rotatable bonds is 3. The number of pyridine rings is 1. The van der Waals surface area contributed by atoms with E-state index in [0.717, 1.165) is 44.4 Å². The van der Waals surface area contributed by atoms with Gasteiger partial charge in [-0.1, -0.05) is 48.0 Å². The van der Waals surface area contributed by atoms with Crippen LogP contribution in [0.3, 0.4) is 0 Å². The molecular weight excluding hydrogens is 358 g/mol. The number of aromatic nitrogens is 1. The third-order valence-corrected chi connectivity index (χ3v) is 4.94. The highest BCUT2D eigenvalue weighted by atomic mass is 16.5. The first-order chi connectivity index (χ1) is 13.9. The van der Waals surface area contributed by atoms with Gasteiger partial charge in [-0.15, -0.1) is 0 Å². The zero-order valence-corrected chi connectivity index (χ0v) is 17.1. The molecule has 0 N–H and O–H groups in total. The van der Waals surface area contributed by atoms with Crippen molar-refractivity contribution < 1.29 is 9.53 Å². The number of hydrogen-bond donors (Lipinski definition) is 0. The van der Waals surface area contributed by atoms with E-state index in [1.807, 2.05) is 82.3 Å². The highest BCUT2D eigenvalue weighted by molar-refractivity contribution is 6.06. The van der Waals surface area contributed by atoms with E-state index in [4.69, 9.17) is 9.72 Å². The van der Waals surface area contributed by atoms with Gasteiger partial charge in [0.15, 0.2) is 0 Å². The van der Waals surface area contributed by atoms with E-state index in [1.54, 1.807) is 0 Å². The Bertz CT molecular complexity index is 1210. The minimum Gasteiger partial charge on any atom is -0.423 e. The van der Waals surface area contributed by atoms with Gasteiger partial charge in [0.05, 0.1) is 16.8 Å². The van der Waals surface area contributed by atoms with Crippen molar-refractivity contribution in [2.24, 2.45) is 0 Å². The van der Waals surface area contributed by atoms with E-state index in [9.17, 15) is 4.79 Å². The first-order valence-corrected chi connectivity index (χ1v) is 9.68. The summed E-state index contributed by atoms with van der Waals surface area (Å²) in [6.45, 7) is 8.03. The monoisotopic (exact) mass is 381 g/mol. The van der Waals surface area contributed by atoms with Crippen LogP contribution in [-0.4, -0.2) is 11.0 Å². The predicted molar refractivity (Wildman–Crippen MR) is 118 cm³/mol. The van der Waals surface area contributed by atoms with Crippen LogP contribution < -0.4 is 4.74 Å². The molecule has 0 radical (unpaired) electrons. The molecule has 144 valence electrons. The summed E-state index contributed by atoms with van der Waals surface area (Å²) in [6, 6.07) is 21.6. The van der Waals surface area contributed by atoms with Crippen LogP contribution in [0, 0.1) is 27.7 Å². The minimum absolute atomic E-state index is 0.371. The van der Waals surface area contributed by atoms with E-state index in [1.165, 1.54) is 0 Å². The summed E-state index contributed by atoms with van der Waals surface area (Å²) in [5, 5.41) is 0.816. The number of aryl methyl sites for hydroxylation is 4. The van der Waals surface area contributed by atoms with Gasteiger partial charge >= 0.3 is 5.97 Å². The third-order valence-electron chi connectivity index (χ3n) is 4.94. The van der Waals surface area contributed by atoms with Gasteiger partial charge in [-0.05, 0) is 68.7 Å². The second-order valence-electron chi connectivity index (χ2n) is 7.61. The normalized spacial score (nSPS) is 10.9. The number of esters is 1. The Hall–Kier alpha value is -3.46. The lowest BCUT2D eigenvalue weighted by molar-refractivity contribution is 0.0736. The fourth-order valence-electron chi connectivity index (χ4n) is 3.76. The Labute approximate surface area is 171 Å². The van der Waals surface area contributed by atoms with E-state index in [-0.39, 0.29) is 5.97 Å². The molecule has 0 amide bonds. The van der Waals surface area contributed by atoms with Crippen LogP contribution in [0.2, 0.25) is 0 Å². The average molecular weight is 381 g/mol. The van der Waals surface area contributed by atoms with Crippen molar-refractivity contribution in [1.29, 1.82) is 0 Å². The molecule has 0 atom stereocenters. The smallest absolute Gasteiger partial charge is 0.344 e. The number of benzene rings is 3. The van der Waals surface area contributed by atoms with Gasteiger partial charge in [0, 0.05) is 10.9 Å². The molecule has 0 fully saturated rings. The summed E-state index contributed by atoms with van der Waals surface area (Å²) in [4.78, 5) is 18.1. The number of fused-ring (bicyclic) bond motifs is 1. The highest BCUT2D eigenvalue weighted by Gasteiger charge is 2.18. The fourth-order valence-corrected chi connectivity index (χ4v) is 3.76. The van der Waals surface area contributed by atoms with Crippen molar-refractivity contribution in [2.45, 2.75) is 27.7 Å². The Morgan fingerprint density at radius 2 is 1.45 bits per heavy atom. The molecule has 0 aliphatic carbocycles. The average Bonchev–Trinajstić information content (AvgIpc) is 2.67. The minimum atomic E-state index is -0.371. The second kappa shape index (κ2) is 7.51. The molecule has 0 aliphatic heterocycles. The molecular formula is C26H23NO2. The van der Waals surface area contributed by atoms with Crippen molar-refractivity contribution in [3.63, 3.8) is 0 Å². The first-order valence-electron chi connectivity index (χ1n) is 9.68. The van der Waals surface area contributed by atoms with Crippen molar-refractivity contribution >= 4 is 16.9 Å². The van der Waals surface area contributed by atoms with Crippen molar-refractivity contribution in [2.75, 3.05) is 0 Å². The zero-order chi connectivity index (χ0) is 20.5. The predicted octanol–water partition coefficient (Wildman–Crippen LogP) is 6.35. The van der Waals surface area contributed by atoms with Crippen LogP contribution in [0.25, 0.3) is 22.2 Å². The number of carbonyl (C=O) groups excluding carboxylic acids is 1. The molecule has 0 bridgehead atoms. The maximum atomic E-state index is 13.2. The summed E-state index contributed by atoms with van der Waals surface area (Å²) in [6.07, 6.45) is 0. The van der Waals surface area contributed by atoms with E-state index >= 15 is 0 Å². The van der Waals surface area contributed by atoms with Crippen LogP contribution in [0.5, 0.6) is 5.75 Å². The Kier molecular flexibility index (Phi) is 4.89. The van der Waals surface area contributed by atoms with Gasteiger partial charge < -0.3 is 4.74 Å². The molecule has 1 heterocycles. The lowest BCUT2D eigenvalue weighted by Crippen LogP contribution is -2.11.